The number of amides is 1. The molecule has 3 fully saturated rings. The van der Waals surface area contributed by atoms with Crippen molar-refractivity contribution in [3.63, 3.8) is 0 Å². The smallest absolute Gasteiger partial charge is 0.245 e. The molecule has 4 atom stereocenters. The third-order valence-electron chi connectivity index (χ3n) is 6.47. The molecule has 1 saturated carbocycles. The summed E-state index contributed by atoms with van der Waals surface area (Å²) >= 11 is 0. The van der Waals surface area contributed by atoms with Crippen LogP contribution in [0, 0.1) is 5.41 Å². The predicted molar refractivity (Wildman–Crippen MR) is 93.2 cm³/mol. The Balaban J connectivity index is 1.82. The van der Waals surface area contributed by atoms with Crippen molar-refractivity contribution in [3.8, 4) is 0 Å². The van der Waals surface area contributed by atoms with E-state index in [1.54, 1.807) is 29.6 Å². The molecule has 2 aliphatic heterocycles. The van der Waals surface area contributed by atoms with Crippen LogP contribution in [0.1, 0.15) is 46.0 Å². The third kappa shape index (κ3) is 2.43. The highest BCUT2D eigenvalue weighted by Crippen LogP contribution is 2.54. The zero-order valence-electron chi connectivity index (χ0n) is 14.8. The van der Waals surface area contributed by atoms with E-state index in [1.165, 1.54) is 6.20 Å². The molecule has 2 saturated heterocycles. The van der Waals surface area contributed by atoms with Crippen molar-refractivity contribution in [2.24, 2.45) is 5.41 Å². The zero-order valence-corrected chi connectivity index (χ0v) is 15.6. The number of carbonyl (C=O) groups is 1. The maximum absolute atomic E-state index is 13.4. The largest absolute Gasteiger partial charge is 0.338 e. The van der Waals surface area contributed by atoms with Crippen molar-refractivity contribution in [1.29, 1.82) is 0 Å². The summed E-state index contributed by atoms with van der Waals surface area (Å²) in [5.74, 6) is 0.0576. The van der Waals surface area contributed by atoms with Gasteiger partial charge in [-0.3, -0.25) is 9.78 Å². The number of hydrogen-bond acceptors (Lipinski definition) is 4. The van der Waals surface area contributed by atoms with E-state index >= 15 is 0 Å². The van der Waals surface area contributed by atoms with Crippen molar-refractivity contribution < 1.29 is 13.2 Å². The lowest BCUT2D eigenvalue weighted by Gasteiger charge is -2.46. The SMILES string of the molecule is CC(=O)N1C[C@@H]2C[C@@]3(C)[C@H](CCCC[C@@H]13)N2S(=O)(=O)c1cccnc1. The quantitative estimate of drug-likeness (QED) is 0.806. The molecular formula is C18H25N3O3S. The molecule has 3 aliphatic rings. The molecule has 1 amide bonds. The van der Waals surface area contributed by atoms with E-state index in [9.17, 15) is 13.2 Å². The topological polar surface area (TPSA) is 70.6 Å². The Kier molecular flexibility index (Phi) is 3.92. The molecule has 0 unspecified atom stereocenters. The van der Waals surface area contributed by atoms with Crippen LogP contribution in [0.3, 0.4) is 0 Å². The second-order valence-electron chi connectivity index (χ2n) is 7.87. The summed E-state index contributed by atoms with van der Waals surface area (Å²) in [4.78, 5) is 18.4. The van der Waals surface area contributed by atoms with Gasteiger partial charge in [-0.05, 0) is 31.4 Å². The number of piperidine rings is 1. The first-order valence-corrected chi connectivity index (χ1v) is 10.5. The maximum atomic E-state index is 13.4. The number of likely N-dealkylation sites (tertiary alicyclic amines) is 1. The molecule has 6 nitrogen and oxygen atoms in total. The summed E-state index contributed by atoms with van der Waals surface area (Å²) in [6.45, 7) is 4.30. The Labute approximate surface area is 149 Å². The number of sulfonamides is 1. The van der Waals surface area contributed by atoms with Gasteiger partial charge in [-0.1, -0.05) is 19.8 Å². The normalized spacial score (nSPS) is 35.4. The van der Waals surface area contributed by atoms with Gasteiger partial charge in [0, 0.05) is 49.4 Å². The van der Waals surface area contributed by atoms with Crippen LogP contribution in [0.5, 0.6) is 0 Å². The number of hydrogen-bond donors (Lipinski definition) is 0. The Bertz CT molecular complexity index is 782. The standard InChI is InChI=1S/C18H25N3O3S/c1-13(22)20-12-14-10-18(2)16(20)7-3-4-8-17(18)21(14)25(23,24)15-6-5-9-19-11-15/h5-6,9,11,14,16-17H,3-4,7-8,10,12H2,1-2H3/t14-,16+,17-,18+/m0/s1. The molecule has 0 radical (unpaired) electrons. The fourth-order valence-corrected chi connectivity index (χ4v) is 7.35. The minimum atomic E-state index is -3.61. The van der Waals surface area contributed by atoms with E-state index < -0.39 is 10.0 Å². The van der Waals surface area contributed by atoms with Gasteiger partial charge < -0.3 is 4.90 Å². The fourth-order valence-electron chi connectivity index (χ4n) is 5.44. The summed E-state index contributed by atoms with van der Waals surface area (Å²) in [6.07, 6.45) is 7.75. The Morgan fingerprint density at radius 3 is 2.64 bits per heavy atom. The number of aromatic nitrogens is 1. The average molecular weight is 363 g/mol. The molecule has 1 aromatic rings. The second-order valence-corrected chi connectivity index (χ2v) is 9.72. The van der Waals surface area contributed by atoms with E-state index in [1.807, 2.05) is 4.90 Å². The number of rotatable bonds is 2. The van der Waals surface area contributed by atoms with E-state index in [0.29, 0.717) is 6.54 Å². The number of nitrogens with zero attached hydrogens (tertiary/aromatic N) is 3. The summed E-state index contributed by atoms with van der Waals surface area (Å²) in [5, 5.41) is 0. The molecule has 0 spiro atoms. The van der Waals surface area contributed by atoms with Crippen LogP contribution in [0.15, 0.2) is 29.4 Å². The average Bonchev–Trinajstić information content (AvgIpc) is 2.70. The highest BCUT2D eigenvalue weighted by Gasteiger charge is 2.62. The van der Waals surface area contributed by atoms with Crippen LogP contribution in [-0.4, -0.2) is 53.2 Å². The Hall–Kier alpha value is -1.47. The zero-order chi connectivity index (χ0) is 17.8. The van der Waals surface area contributed by atoms with Gasteiger partial charge in [0.1, 0.15) is 4.90 Å². The fraction of sp³-hybridized carbons (Fsp3) is 0.667. The van der Waals surface area contributed by atoms with Gasteiger partial charge in [0.2, 0.25) is 15.9 Å². The number of fused-ring (bicyclic) bond motifs is 1. The van der Waals surface area contributed by atoms with Crippen molar-refractivity contribution in [2.75, 3.05) is 6.54 Å². The van der Waals surface area contributed by atoms with Gasteiger partial charge >= 0.3 is 0 Å². The Morgan fingerprint density at radius 2 is 2.00 bits per heavy atom. The number of carbonyl (C=O) groups excluding carboxylic acids is 1. The lowest BCUT2D eigenvalue weighted by atomic mass is 9.71. The lowest BCUT2D eigenvalue weighted by molar-refractivity contribution is -0.136. The number of pyridine rings is 1. The van der Waals surface area contributed by atoms with Gasteiger partial charge in [-0.25, -0.2) is 8.42 Å². The van der Waals surface area contributed by atoms with Crippen molar-refractivity contribution in [3.05, 3.63) is 24.5 Å². The summed E-state index contributed by atoms with van der Waals surface area (Å²) in [6, 6.07) is 3.24. The minimum Gasteiger partial charge on any atom is -0.338 e. The van der Waals surface area contributed by atoms with E-state index in [0.717, 1.165) is 32.1 Å². The molecule has 3 heterocycles. The second kappa shape index (κ2) is 5.77. The van der Waals surface area contributed by atoms with Crippen LogP contribution in [0.2, 0.25) is 0 Å². The highest BCUT2D eigenvalue weighted by atomic mass is 32.2. The van der Waals surface area contributed by atoms with Crippen LogP contribution in [0.25, 0.3) is 0 Å². The first-order valence-electron chi connectivity index (χ1n) is 9.06. The van der Waals surface area contributed by atoms with E-state index in [-0.39, 0.29) is 34.3 Å². The van der Waals surface area contributed by atoms with E-state index in [4.69, 9.17) is 0 Å². The molecule has 7 heteroatoms. The monoisotopic (exact) mass is 363 g/mol. The molecule has 25 heavy (non-hydrogen) atoms. The van der Waals surface area contributed by atoms with Crippen LogP contribution in [-0.2, 0) is 14.8 Å². The van der Waals surface area contributed by atoms with Gasteiger partial charge in [-0.2, -0.15) is 4.31 Å². The van der Waals surface area contributed by atoms with Crippen molar-refractivity contribution in [2.45, 2.75) is 69.0 Å². The summed E-state index contributed by atoms with van der Waals surface area (Å²) in [5.41, 5.74) is -0.166. The highest BCUT2D eigenvalue weighted by molar-refractivity contribution is 7.89. The van der Waals surface area contributed by atoms with Crippen LogP contribution >= 0.6 is 0 Å². The molecule has 4 rings (SSSR count). The summed E-state index contributed by atoms with van der Waals surface area (Å²) < 4.78 is 28.5. The van der Waals surface area contributed by atoms with Gasteiger partial charge in [-0.15, -0.1) is 0 Å². The summed E-state index contributed by atoms with van der Waals surface area (Å²) in [7, 11) is -3.61. The molecule has 1 aliphatic carbocycles. The predicted octanol–water partition coefficient (Wildman–Crippen LogP) is 2.02. The van der Waals surface area contributed by atoms with Gasteiger partial charge in [0.15, 0.2) is 0 Å². The van der Waals surface area contributed by atoms with Gasteiger partial charge in [0.25, 0.3) is 0 Å². The molecule has 0 N–H and O–H groups in total. The van der Waals surface area contributed by atoms with Gasteiger partial charge in [0.05, 0.1) is 0 Å². The van der Waals surface area contributed by atoms with Crippen LogP contribution in [0.4, 0.5) is 0 Å². The van der Waals surface area contributed by atoms with Crippen LogP contribution < -0.4 is 0 Å². The molecule has 136 valence electrons. The maximum Gasteiger partial charge on any atom is 0.245 e. The molecule has 1 aromatic heterocycles. The minimum absolute atomic E-state index is 0.0421. The van der Waals surface area contributed by atoms with E-state index in [2.05, 4.69) is 11.9 Å². The lowest BCUT2D eigenvalue weighted by Crippen LogP contribution is -2.55. The first-order chi connectivity index (χ1) is 11.9. The van der Waals surface area contributed by atoms with Crippen molar-refractivity contribution in [1.82, 2.24) is 14.2 Å². The molecule has 0 aromatic carbocycles. The van der Waals surface area contributed by atoms with Crippen molar-refractivity contribution >= 4 is 15.9 Å². The Morgan fingerprint density at radius 1 is 1.28 bits per heavy atom. The molecule has 2 bridgehead atoms. The first kappa shape index (κ1) is 17.0. The third-order valence-corrected chi connectivity index (χ3v) is 8.41. The molecular weight excluding hydrogens is 338 g/mol.